The molecular formula is C20H21F2N3O4S. The van der Waals surface area contributed by atoms with E-state index in [1.807, 2.05) is 0 Å². The number of hydrogen-bond acceptors (Lipinski definition) is 4. The maximum absolute atomic E-state index is 13.6. The molecule has 0 saturated carbocycles. The number of anilines is 1. The van der Waals surface area contributed by atoms with Gasteiger partial charge in [-0.3, -0.25) is 9.59 Å². The number of hydrogen-bond donors (Lipinski definition) is 2. The topological polar surface area (TPSA) is 95.6 Å². The summed E-state index contributed by atoms with van der Waals surface area (Å²) < 4.78 is 53.5. The van der Waals surface area contributed by atoms with Crippen LogP contribution in [0.15, 0.2) is 47.4 Å². The van der Waals surface area contributed by atoms with Crippen LogP contribution in [-0.4, -0.2) is 44.2 Å². The van der Waals surface area contributed by atoms with E-state index >= 15 is 0 Å². The van der Waals surface area contributed by atoms with Crippen molar-refractivity contribution in [2.75, 3.05) is 25.0 Å². The largest absolute Gasteiger partial charge is 0.343 e. The molecule has 1 aliphatic heterocycles. The summed E-state index contributed by atoms with van der Waals surface area (Å²) in [7, 11) is -3.65. The Morgan fingerprint density at radius 1 is 1.00 bits per heavy atom. The van der Waals surface area contributed by atoms with Gasteiger partial charge in [0.25, 0.3) is 5.91 Å². The van der Waals surface area contributed by atoms with Gasteiger partial charge in [-0.15, -0.1) is 0 Å². The second-order valence-corrected chi connectivity index (χ2v) is 8.79. The van der Waals surface area contributed by atoms with Gasteiger partial charge in [0.2, 0.25) is 15.9 Å². The van der Waals surface area contributed by atoms with E-state index in [9.17, 15) is 26.8 Å². The number of sulfonamides is 1. The molecule has 2 aromatic carbocycles. The van der Waals surface area contributed by atoms with Crippen molar-refractivity contribution in [3.05, 3.63) is 59.7 Å². The summed E-state index contributed by atoms with van der Waals surface area (Å²) >= 11 is 0. The summed E-state index contributed by atoms with van der Waals surface area (Å²) in [5, 5.41) is 4.73. The number of amides is 2. The third kappa shape index (κ3) is 5.19. The predicted octanol–water partition coefficient (Wildman–Crippen LogP) is 2.51. The van der Waals surface area contributed by atoms with Gasteiger partial charge in [-0.2, -0.15) is 4.31 Å². The van der Waals surface area contributed by atoms with Crippen LogP contribution in [0.1, 0.15) is 29.6 Å². The van der Waals surface area contributed by atoms with Crippen molar-refractivity contribution >= 4 is 27.5 Å². The Balaban J connectivity index is 1.61. The summed E-state index contributed by atoms with van der Waals surface area (Å²) in [6.45, 7) is 0.453. The molecule has 0 spiro atoms. The molecule has 7 nitrogen and oxygen atoms in total. The van der Waals surface area contributed by atoms with Crippen molar-refractivity contribution in [3.63, 3.8) is 0 Å². The Hall–Kier alpha value is -2.85. The van der Waals surface area contributed by atoms with E-state index in [1.54, 1.807) is 0 Å². The average molecular weight is 437 g/mol. The van der Waals surface area contributed by atoms with E-state index in [1.165, 1.54) is 28.6 Å². The highest BCUT2D eigenvalue weighted by molar-refractivity contribution is 7.89. The van der Waals surface area contributed by atoms with Crippen LogP contribution in [0.3, 0.4) is 0 Å². The Morgan fingerprint density at radius 2 is 1.73 bits per heavy atom. The maximum atomic E-state index is 13.6. The zero-order chi connectivity index (χ0) is 21.7. The molecule has 3 rings (SSSR count). The number of benzene rings is 2. The van der Waals surface area contributed by atoms with Gasteiger partial charge < -0.3 is 10.6 Å². The zero-order valence-electron chi connectivity index (χ0n) is 16.0. The van der Waals surface area contributed by atoms with Gasteiger partial charge in [0.1, 0.15) is 11.6 Å². The molecule has 0 atom stereocenters. The first kappa shape index (κ1) is 21.8. The fourth-order valence-electron chi connectivity index (χ4n) is 3.12. The van der Waals surface area contributed by atoms with Gasteiger partial charge in [-0.1, -0.05) is 12.5 Å². The normalized spacial score (nSPS) is 14.9. The summed E-state index contributed by atoms with van der Waals surface area (Å²) in [6, 6.07) is 8.33. The minimum Gasteiger partial charge on any atom is -0.343 e. The minimum atomic E-state index is -3.65. The van der Waals surface area contributed by atoms with Crippen LogP contribution in [0.2, 0.25) is 0 Å². The minimum absolute atomic E-state index is 0.0691. The molecule has 1 saturated heterocycles. The van der Waals surface area contributed by atoms with Gasteiger partial charge in [0, 0.05) is 24.8 Å². The van der Waals surface area contributed by atoms with E-state index < -0.39 is 40.0 Å². The van der Waals surface area contributed by atoms with Gasteiger partial charge in [-0.25, -0.2) is 17.2 Å². The zero-order valence-corrected chi connectivity index (χ0v) is 16.8. The maximum Gasteiger partial charge on any atom is 0.254 e. The highest BCUT2D eigenvalue weighted by atomic mass is 32.2. The van der Waals surface area contributed by atoms with E-state index in [-0.39, 0.29) is 16.1 Å². The second kappa shape index (κ2) is 9.31. The molecule has 1 aliphatic rings. The molecule has 1 fully saturated rings. The number of carbonyl (C=O) groups is 2. The molecule has 2 aromatic rings. The van der Waals surface area contributed by atoms with Crippen LogP contribution in [0.5, 0.6) is 0 Å². The van der Waals surface area contributed by atoms with Crippen molar-refractivity contribution in [1.82, 2.24) is 9.62 Å². The van der Waals surface area contributed by atoms with Gasteiger partial charge in [0.05, 0.1) is 17.0 Å². The number of carbonyl (C=O) groups excluding carboxylic acids is 2. The molecule has 0 aliphatic carbocycles. The molecule has 0 aromatic heterocycles. The van der Waals surface area contributed by atoms with Crippen molar-refractivity contribution in [1.29, 1.82) is 0 Å². The molecule has 2 N–H and O–H groups in total. The Bertz CT molecular complexity index is 1050. The molecule has 160 valence electrons. The number of nitrogens with one attached hydrogen (secondary N) is 2. The number of rotatable bonds is 6. The summed E-state index contributed by atoms with van der Waals surface area (Å²) in [5.74, 6) is -3.35. The van der Waals surface area contributed by atoms with E-state index in [0.717, 1.165) is 31.4 Å². The smallest absolute Gasteiger partial charge is 0.254 e. The highest BCUT2D eigenvalue weighted by Gasteiger charge is 2.26. The monoisotopic (exact) mass is 437 g/mol. The SMILES string of the molecule is O=C(CNC(=O)c1ccc(F)cc1F)Nc1cccc(S(=O)(=O)N2CCCCC2)c1. The quantitative estimate of drug-likeness (QED) is 0.726. The standard InChI is InChI=1S/C20H21F2N3O4S/c21-14-7-8-17(18(22)11-14)20(27)23-13-19(26)24-15-5-4-6-16(12-15)30(28,29)25-9-2-1-3-10-25/h4-8,11-12H,1-3,9-10,13H2,(H,23,27)(H,24,26). The fraction of sp³-hybridized carbons (Fsp3) is 0.300. The van der Waals surface area contributed by atoms with E-state index in [2.05, 4.69) is 10.6 Å². The third-order valence-electron chi connectivity index (χ3n) is 4.66. The van der Waals surface area contributed by atoms with Crippen molar-refractivity contribution in [2.24, 2.45) is 0 Å². The Labute approximate surface area is 173 Å². The van der Waals surface area contributed by atoms with Crippen molar-refractivity contribution in [2.45, 2.75) is 24.2 Å². The highest BCUT2D eigenvalue weighted by Crippen LogP contribution is 2.22. The van der Waals surface area contributed by atoms with Crippen LogP contribution < -0.4 is 10.6 Å². The summed E-state index contributed by atoms with van der Waals surface area (Å²) in [5.41, 5.74) is -0.140. The van der Waals surface area contributed by atoms with Crippen LogP contribution >= 0.6 is 0 Å². The van der Waals surface area contributed by atoms with Gasteiger partial charge in [-0.05, 0) is 43.2 Å². The average Bonchev–Trinajstić information content (AvgIpc) is 2.73. The third-order valence-corrected chi connectivity index (χ3v) is 6.55. The van der Waals surface area contributed by atoms with E-state index in [0.29, 0.717) is 19.2 Å². The van der Waals surface area contributed by atoms with E-state index in [4.69, 9.17) is 0 Å². The Kier molecular flexibility index (Phi) is 6.78. The Morgan fingerprint density at radius 3 is 2.43 bits per heavy atom. The molecule has 0 bridgehead atoms. The number of nitrogens with zero attached hydrogens (tertiary/aromatic N) is 1. The lowest BCUT2D eigenvalue weighted by Crippen LogP contribution is -2.35. The van der Waals surface area contributed by atoms with Crippen LogP contribution in [-0.2, 0) is 14.8 Å². The lowest BCUT2D eigenvalue weighted by Gasteiger charge is -2.26. The predicted molar refractivity (Wildman–Crippen MR) is 106 cm³/mol. The second-order valence-electron chi connectivity index (χ2n) is 6.85. The van der Waals surface area contributed by atoms with Crippen LogP contribution in [0.4, 0.5) is 14.5 Å². The summed E-state index contributed by atoms with van der Waals surface area (Å²) in [6.07, 6.45) is 2.61. The first-order valence-electron chi connectivity index (χ1n) is 9.41. The molecule has 2 amide bonds. The number of halogens is 2. The fourth-order valence-corrected chi connectivity index (χ4v) is 4.69. The molecule has 0 radical (unpaired) electrons. The molecular weight excluding hydrogens is 416 g/mol. The molecule has 0 unspecified atom stereocenters. The van der Waals surface area contributed by atoms with Crippen LogP contribution in [0, 0.1) is 11.6 Å². The number of piperidine rings is 1. The van der Waals surface area contributed by atoms with Gasteiger partial charge >= 0.3 is 0 Å². The first-order valence-corrected chi connectivity index (χ1v) is 10.8. The molecule has 1 heterocycles. The van der Waals surface area contributed by atoms with Gasteiger partial charge in [0.15, 0.2) is 0 Å². The lowest BCUT2D eigenvalue weighted by atomic mass is 10.2. The molecule has 30 heavy (non-hydrogen) atoms. The summed E-state index contributed by atoms with van der Waals surface area (Å²) in [4.78, 5) is 24.1. The van der Waals surface area contributed by atoms with Crippen molar-refractivity contribution in [3.8, 4) is 0 Å². The van der Waals surface area contributed by atoms with Crippen molar-refractivity contribution < 1.29 is 26.8 Å². The first-order chi connectivity index (χ1) is 14.3. The van der Waals surface area contributed by atoms with Crippen LogP contribution in [0.25, 0.3) is 0 Å². The lowest BCUT2D eigenvalue weighted by molar-refractivity contribution is -0.115. The molecule has 10 heteroatoms.